The Balaban J connectivity index is 2.28. The Morgan fingerprint density at radius 3 is 2.55 bits per heavy atom. The second-order valence-corrected chi connectivity index (χ2v) is 6.57. The second-order valence-electron chi connectivity index (χ2n) is 6.57. The molecule has 0 saturated heterocycles. The summed E-state index contributed by atoms with van der Waals surface area (Å²) >= 11 is 0. The molecule has 2 rings (SSSR count). The molecule has 8 nitrogen and oxygen atoms in total. The predicted molar refractivity (Wildman–Crippen MR) is 112 cm³/mol. The Kier molecular flexibility index (Phi) is 7.85. The minimum absolute atomic E-state index is 0.0246. The topological polar surface area (TPSA) is 112 Å². The lowest BCUT2D eigenvalue weighted by Crippen LogP contribution is -2.18. The molecule has 0 spiro atoms. The molecule has 0 saturated carbocycles. The van der Waals surface area contributed by atoms with Crippen molar-refractivity contribution in [3.05, 3.63) is 47.5 Å². The van der Waals surface area contributed by atoms with Crippen LogP contribution in [-0.4, -0.2) is 38.4 Å². The summed E-state index contributed by atoms with van der Waals surface area (Å²) in [5, 5.41) is 5.41. The predicted octanol–water partition coefficient (Wildman–Crippen LogP) is 3.55. The summed E-state index contributed by atoms with van der Waals surface area (Å²) in [5.74, 6) is 0.755. The van der Waals surface area contributed by atoms with Gasteiger partial charge >= 0.3 is 6.09 Å². The van der Waals surface area contributed by atoms with Crippen molar-refractivity contribution in [2.75, 3.05) is 30.9 Å². The standard InChI is InChI=1S/C21H27N3O5/c1-13(2)29-17-7-5-6-16(12-17)23-20(25)15-10-14(3)19(28-9-8-22)18(11-15)24-21(26)27-4/h5-7,10-13H,8-9,22H2,1-4H3,(H,23,25)(H,24,26). The van der Waals surface area contributed by atoms with E-state index in [4.69, 9.17) is 15.2 Å². The molecule has 29 heavy (non-hydrogen) atoms. The number of aryl methyl sites for hydroxylation is 1. The summed E-state index contributed by atoms with van der Waals surface area (Å²) in [6.45, 7) is 6.22. The molecule has 2 aromatic rings. The highest BCUT2D eigenvalue weighted by Gasteiger charge is 2.16. The smallest absolute Gasteiger partial charge is 0.411 e. The maximum absolute atomic E-state index is 12.8. The number of ether oxygens (including phenoxy) is 3. The van der Waals surface area contributed by atoms with Crippen molar-refractivity contribution in [2.45, 2.75) is 26.9 Å². The van der Waals surface area contributed by atoms with Crippen LogP contribution in [0.15, 0.2) is 36.4 Å². The van der Waals surface area contributed by atoms with Gasteiger partial charge in [0.2, 0.25) is 0 Å². The lowest BCUT2D eigenvalue weighted by atomic mass is 10.1. The second kappa shape index (κ2) is 10.3. The van der Waals surface area contributed by atoms with Crippen molar-refractivity contribution in [2.24, 2.45) is 5.73 Å². The minimum Gasteiger partial charge on any atom is -0.491 e. The van der Waals surface area contributed by atoms with Gasteiger partial charge in [0.1, 0.15) is 18.1 Å². The van der Waals surface area contributed by atoms with Crippen LogP contribution in [0.25, 0.3) is 0 Å². The van der Waals surface area contributed by atoms with Crippen LogP contribution < -0.4 is 25.8 Å². The largest absolute Gasteiger partial charge is 0.491 e. The van der Waals surface area contributed by atoms with E-state index in [0.29, 0.717) is 40.5 Å². The zero-order valence-corrected chi connectivity index (χ0v) is 17.1. The molecule has 0 bridgehead atoms. The summed E-state index contributed by atoms with van der Waals surface area (Å²) < 4.78 is 15.9. The zero-order valence-electron chi connectivity index (χ0n) is 17.1. The average molecular weight is 401 g/mol. The number of nitrogens with one attached hydrogen (secondary N) is 2. The van der Waals surface area contributed by atoms with E-state index in [0.717, 1.165) is 0 Å². The number of amides is 2. The van der Waals surface area contributed by atoms with Crippen molar-refractivity contribution < 1.29 is 23.8 Å². The summed E-state index contributed by atoms with van der Waals surface area (Å²) in [7, 11) is 1.26. The fraction of sp³-hybridized carbons (Fsp3) is 0.333. The van der Waals surface area contributed by atoms with Crippen molar-refractivity contribution in [1.29, 1.82) is 0 Å². The molecule has 2 amide bonds. The Morgan fingerprint density at radius 1 is 1.14 bits per heavy atom. The van der Waals surface area contributed by atoms with Crippen molar-refractivity contribution in [1.82, 2.24) is 0 Å². The van der Waals surface area contributed by atoms with Gasteiger partial charge in [-0.3, -0.25) is 10.1 Å². The third-order valence-corrected chi connectivity index (χ3v) is 3.79. The summed E-state index contributed by atoms with van der Waals surface area (Å²) in [4.78, 5) is 24.5. The minimum atomic E-state index is -0.668. The van der Waals surface area contributed by atoms with E-state index in [2.05, 4.69) is 15.4 Å². The van der Waals surface area contributed by atoms with Crippen LogP contribution in [0.4, 0.5) is 16.2 Å². The zero-order chi connectivity index (χ0) is 21.4. The van der Waals surface area contributed by atoms with E-state index in [1.807, 2.05) is 19.9 Å². The molecule has 0 aliphatic carbocycles. The van der Waals surface area contributed by atoms with Crippen molar-refractivity contribution in [3.63, 3.8) is 0 Å². The summed E-state index contributed by atoms with van der Waals surface area (Å²) in [5.41, 5.74) is 7.45. The van der Waals surface area contributed by atoms with Gasteiger partial charge in [-0.1, -0.05) is 6.07 Å². The van der Waals surface area contributed by atoms with Gasteiger partial charge in [-0.2, -0.15) is 0 Å². The van der Waals surface area contributed by atoms with E-state index in [9.17, 15) is 9.59 Å². The van der Waals surface area contributed by atoms with Gasteiger partial charge in [-0.15, -0.1) is 0 Å². The first-order valence-electron chi connectivity index (χ1n) is 9.24. The molecular weight excluding hydrogens is 374 g/mol. The van der Waals surface area contributed by atoms with Gasteiger partial charge in [0.05, 0.1) is 18.9 Å². The third kappa shape index (κ3) is 6.39. The maximum atomic E-state index is 12.8. The number of benzene rings is 2. The van der Waals surface area contributed by atoms with Crippen LogP contribution >= 0.6 is 0 Å². The number of hydrogen-bond acceptors (Lipinski definition) is 6. The molecule has 0 aromatic heterocycles. The van der Waals surface area contributed by atoms with E-state index in [1.54, 1.807) is 31.2 Å². The molecule has 8 heteroatoms. The number of hydrogen-bond donors (Lipinski definition) is 3. The van der Waals surface area contributed by atoms with E-state index in [1.165, 1.54) is 13.2 Å². The van der Waals surface area contributed by atoms with E-state index >= 15 is 0 Å². The molecule has 0 radical (unpaired) electrons. The Morgan fingerprint density at radius 2 is 1.90 bits per heavy atom. The van der Waals surface area contributed by atoms with Crippen LogP contribution in [0, 0.1) is 6.92 Å². The van der Waals surface area contributed by atoms with Gasteiger partial charge in [0, 0.05) is 23.9 Å². The molecule has 0 heterocycles. The first kappa shape index (κ1) is 22.0. The fourth-order valence-corrected chi connectivity index (χ4v) is 2.63. The van der Waals surface area contributed by atoms with Gasteiger partial charge in [0.15, 0.2) is 0 Å². The lowest BCUT2D eigenvalue weighted by molar-refractivity contribution is 0.102. The Labute approximate surface area is 170 Å². The number of carbonyl (C=O) groups excluding carboxylic acids is 2. The first-order chi connectivity index (χ1) is 13.8. The number of anilines is 2. The Bertz CT molecular complexity index is 867. The third-order valence-electron chi connectivity index (χ3n) is 3.79. The molecule has 2 aromatic carbocycles. The molecule has 0 atom stereocenters. The average Bonchev–Trinajstić information content (AvgIpc) is 2.66. The molecule has 0 aliphatic rings. The highest BCUT2D eigenvalue weighted by Crippen LogP contribution is 2.31. The van der Waals surface area contributed by atoms with E-state index in [-0.39, 0.29) is 18.6 Å². The van der Waals surface area contributed by atoms with Crippen LogP contribution in [0.3, 0.4) is 0 Å². The van der Waals surface area contributed by atoms with Gasteiger partial charge < -0.3 is 25.3 Å². The molecule has 0 aliphatic heterocycles. The fourth-order valence-electron chi connectivity index (χ4n) is 2.63. The lowest BCUT2D eigenvalue weighted by Gasteiger charge is -2.16. The number of carbonyl (C=O) groups is 2. The summed E-state index contributed by atoms with van der Waals surface area (Å²) in [6, 6.07) is 10.3. The van der Waals surface area contributed by atoms with Crippen LogP contribution in [-0.2, 0) is 4.74 Å². The van der Waals surface area contributed by atoms with Crippen molar-refractivity contribution >= 4 is 23.4 Å². The van der Waals surface area contributed by atoms with Crippen molar-refractivity contribution in [3.8, 4) is 11.5 Å². The number of rotatable bonds is 8. The molecule has 0 unspecified atom stereocenters. The molecule has 0 fully saturated rings. The van der Waals surface area contributed by atoms with Gasteiger partial charge in [-0.25, -0.2) is 4.79 Å². The Hall–Kier alpha value is -3.26. The van der Waals surface area contributed by atoms with Gasteiger partial charge in [0.25, 0.3) is 5.91 Å². The highest BCUT2D eigenvalue weighted by molar-refractivity contribution is 6.06. The first-order valence-corrected chi connectivity index (χ1v) is 9.24. The highest BCUT2D eigenvalue weighted by atomic mass is 16.5. The van der Waals surface area contributed by atoms with Crippen LogP contribution in [0.2, 0.25) is 0 Å². The van der Waals surface area contributed by atoms with Gasteiger partial charge in [-0.05, 0) is 50.6 Å². The summed E-state index contributed by atoms with van der Waals surface area (Å²) in [6.07, 6.45) is -0.644. The molecule has 156 valence electrons. The maximum Gasteiger partial charge on any atom is 0.411 e. The molecule has 4 N–H and O–H groups in total. The molecular formula is C21H27N3O5. The van der Waals surface area contributed by atoms with E-state index < -0.39 is 6.09 Å². The van der Waals surface area contributed by atoms with Crippen LogP contribution in [0.1, 0.15) is 29.8 Å². The number of methoxy groups -OCH3 is 1. The monoisotopic (exact) mass is 401 g/mol. The quantitative estimate of drug-likeness (QED) is 0.624. The van der Waals surface area contributed by atoms with Crippen LogP contribution in [0.5, 0.6) is 11.5 Å². The number of nitrogens with two attached hydrogens (primary N) is 1. The SMILES string of the molecule is COC(=O)Nc1cc(C(=O)Nc2cccc(OC(C)C)c2)cc(C)c1OCCN. The normalized spacial score (nSPS) is 10.4.